The number of nitro groups is 1. The quantitative estimate of drug-likeness (QED) is 0.496. The summed E-state index contributed by atoms with van der Waals surface area (Å²) in [4.78, 5) is 10.3. The number of hydrogen-bond acceptors (Lipinski definition) is 4. The van der Waals surface area contributed by atoms with Gasteiger partial charge in [-0.3, -0.25) is 10.1 Å². The lowest BCUT2D eigenvalue weighted by atomic mass is 10.3. The zero-order chi connectivity index (χ0) is 13.7. The molecule has 1 aromatic rings. The van der Waals surface area contributed by atoms with Crippen LogP contribution in [0.25, 0.3) is 0 Å². The van der Waals surface area contributed by atoms with Crippen LogP contribution in [0.4, 0.5) is 5.69 Å². The maximum absolute atomic E-state index is 10.8. The van der Waals surface area contributed by atoms with Crippen LogP contribution in [-0.2, 0) is 0 Å². The van der Waals surface area contributed by atoms with Gasteiger partial charge in [0.2, 0.25) is 0 Å². The maximum atomic E-state index is 10.8. The Morgan fingerprint density at radius 2 is 2.00 bits per heavy atom. The predicted molar refractivity (Wildman–Crippen MR) is 71.8 cm³/mol. The first-order chi connectivity index (χ1) is 8.41. The van der Waals surface area contributed by atoms with Crippen molar-refractivity contribution in [2.24, 2.45) is 0 Å². The lowest BCUT2D eigenvalue weighted by Crippen LogP contribution is -2.27. The minimum Gasteiger partial charge on any atom is -0.485 e. The van der Waals surface area contributed by atoms with Crippen LogP contribution in [0.15, 0.2) is 12.1 Å². The molecule has 1 N–H and O–H groups in total. The molecule has 5 nitrogen and oxygen atoms in total. The Balaban J connectivity index is 2.74. The van der Waals surface area contributed by atoms with Gasteiger partial charge in [0.05, 0.1) is 15.0 Å². The molecule has 0 fully saturated rings. The zero-order valence-electron chi connectivity index (χ0n) is 10.1. The number of halogens is 2. The van der Waals surface area contributed by atoms with Crippen molar-refractivity contribution in [3.05, 3.63) is 32.3 Å². The average Bonchev–Trinajstić information content (AvgIpc) is 2.28. The van der Waals surface area contributed by atoms with Gasteiger partial charge in [0.1, 0.15) is 6.61 Å². The molecule has 0 aromatic heterocycles. The van der Waals surface area contributed by atoms with Crippen LogP contribution < -0.4 is 10.1 Å². The number of nitrogens with one attached hydrogen (secondary N) is 1. The topological polar surface area (TPSA) is 64.4 Å². The van der Waals surface area contributed by atoms with E-state index in [2.05, 4.69) is 5.32 Å². The molecule has 100 valence electrons. The largest absolute Gasteiger partial charge is 0.485 e. The standard InChI is InChI=1S/C11H14Cl2N2O3/c1-7(2)14-3-4-18-11-6-9(13)8(12)5-10(11)15(16)17/h5-7,14H,3-4H2,1-2H3. The molecule has 0 radical (unpaired) electrons. The second kappa shape index (κ2) is 6.78. The first-order valence-corrected chi connectivity index (χ1v) is 6.17. The van der Waals surface area contributed by atoms with Crippen molar-refractivity contribution < 1.29 is 9.66 Å². The third-order valence-corrected chi connectivity index (χ3v) is 2.83. The van der Waals surface area contributed by atoms with Crippen LogP contribution in [0.3, 0.4) is 0 Å². The predicted octanol–water partition coefficient (Wildman–Crippen LogP) is 3.28. The Hall–Kier alpha value is -1.04. The molecule has 1 rings (SSSR count). The van der Waals surface area contributed by atoms with Crippen molar-refractivity contribution in [2.75, 3.05) is 13.2 Å². The van der Waals surface area contributed by atoms with E-state index in [0.717, 1.165) is 0 Å². The van der Waals surface area contributed by atoms with E-state index in [0.29, 0.717) is 19.2 Å². The molecule has 0 aliphatic carbocycles. The number of nitro benzene ring substituents is 1. The van der Waals surface area contributed by atoms with Crippen LogP contribution in [0, 0.1) is 10.1 Å². The molecule has 0 saturated carbocycles. The van der Waals surface area contributed by atoms with E-state index in [-0.39, 0.29) is 21.5 Å². The van der Waals surface area contributed by atoms with Gasteiger partial charge in [0.15, 0.2) is 5.75 Å². The molecular weight excluding hydrogens is 279 g/mol. The SMILES string of the molecule is CC(C)NCCOc1cc(Cl)c(Cl)cc1[N+](=O)[O-]. The van der Waals surface area contributed by atoms with Crippen molar-refractivity contribution in [2.45, 2.75) is 19.9 Å². The lowest BCUT2D eigenvalue weighted by molar-refractivity contribution is -0.385. The summed E-state index contributed by atoms with van der Waals surface area (Å²) in [5.74, 6) is 0.125. The molecule has 0 aliphatic rings. The van der Waals surface area contributed by atoms with E-state index < -0.39 is 4.92 Å². The number of rotatable bonds is 6. The Bertz CT molecular complexity index is 439. The summed E-state index contributed by atoms with van der Waals surface area (Å²) < 4.78 is 5.34. The second-order valence-electron chi connectivity index (χ2n) is 3.95. The van der Waals surface area contributed by atoms with Gasteiger partial charge in [-0.25, -0.2) is 0 Å². The summed E-state index contributed by atoms with van der Waals surface area (Å²) in [5, 5.41) is 14.3. The Labute approximate surface area is 115 Å². The van der Waals surface area contributed by atoms with Gasteiger partial charge < -0.3 is 10.1 Å². The van der Waals surface area contributed by atoms with Gasteiger partial charge in [0, 0.05) is 24.7 Å². The normalized spacial score (nSPS) is 10.7. The van der Waals surface area contributed by atoms with Gasteiger partial charge in [-0.2, -0.15) is 0 Å². The van der Waals surface area contributed by atoms with Crippen molar-refractivity contribution >= 4 is 28.9 Å². The molecule has 0 heterocycles. The molecule has 0 aliphatic heterocycles. The fourth-order valence-electron chi connectivity index (χ4n) is 1.28. The summed E-state index contributed by atoms with van der Waals surface area (Å²) in [6, 6.07) is 2.88. The van der Waals surface area contributed by atoms with Gasteiger partial charge in [-0.15, -0.1) is 0 Å². The highest BCUT2D eigenvalue weighted by molar-refractivity contribution is 6.42. The van der Waals surface area contributed by atoms with Crippen LogP contribution in [0.5, 0.6) is 5.75 Å². The average molecular weight is 293 g/mol. The van der Waals surface area contributed by atoms with E-state index >= 15 is 0 Å². The van der Waals surface area contributed by atoms with E-state index in [1.807, 2.05) is 13.8 Å². The lowest BCUT2D eigenvalue weighted by Gasteiger charge is -2.10. The third kappa shape index (κ3) is 4.33. The Morgan fingerprint density at radius 3 is 2.56 bits per heavy atom. The number of ether oxygens (including phenoxy) is 1. The minimum atomic E-state index is -0.548. The van der Waals surface area contributed by atoms with Crippen molar-refractivity contribution in [3.63, 3.8) is 0 Å². The van der Waals surface area contributed by atoms with Crippen LogP contribution in [-0.4, -0.2) is 24.1 Å². The van der Waals surface area contributed by atoms with Crippen LogP contribution in [0.2, 0.25) is 10.0 Å². The molecular formula is C11H14Cl2N2O3. The van der Waals surface area contributed by atoms with Crippen LogP contribution in [0.1, 0.15) is 13.8 Å². The summed E-state index contributed by atoms with van der Waals surface area (Å²) >= 11 is 11.5. The van der Waals surface area contributed by atoms with E-state index in [4.69, 9.17) is 27.9 Å². The molecule has 0 amide bonds. The van der Waals surface area contributed by atoms with Crippen molar-refractivity contribution in [1.82, 2.24) is 5.32 Å². The maximum Gasteiger partial charge on any atom is 0.312 e. The van der Waals surface area contributed by atoms with Gasteiger partial charge in [-0.1, -0.05) is 37.0 Å². The third-order valence-electron chi connectivity index (χ3n) is 2.11. The monoisotopic (exact) mass is 292 g/mol. The molecule has 0 unspecified atom stereocenters. The zero-order valence-corrected chi connectivity index (χ0v) is 11.6. The van der Waals surface area contributed by atoms with Crippen molar-refractivity contribution in [3.8, 4) is 5.75 Å². The van der Waals surface area contributed by atoms with Gasteiger partial charge in [-0.05, 0) is 0 Å². The molecule has 0 spiro atoms. The molecule has 18 heavy (non-hydrogen) atoms. The number of benzene rings is 1. The summed E-state index contributed by atoms with van der Waals surface area (Å²) in [6.07, 6.45) is 0. The van der Waals surface area contributed by atoms with Crippen LogP contribution >= 0.6 is 23.2 Å². The highest BCUT2D eigenvalue weighted by Gasteiger charge is 2.18. The molecule has 0 atom stereocenters. The fourth-order valence-corrected chi connectivity index (χ4v) is 1.60. The molecule has 1 aromatic carbocycles. The highest BCUT2D eigenvalue weighted by atomic mass is 35.5. The Kier molecular flexibility index (Phi) is 5.65. The fraction of sp³-hybridized carbons (Fsp3) is 0.455. The molecule has 0 bridgehead atoms. The van der Waals surface area contributed by atoms with Crippen molar-refractivity contribution in [1.29, 1.82) is 0 Å². The van der Waals surface area contributed by atoms with Gasteiger partial charge in [0.25, 0.3) is 0 Å². The van der Waals surface area contributed by atoms with E-state index in [1.54, 1.807) is 0 Å². The summed E-state index contributed by atoms with van der Waals surface area (Å²) in [6.45, 7) is 4.91. The highest BCUT2D eigenvalue weighted by Crippen LogP contribution is 2.35. The summed E-state index contributed by atoms with van der Waals surface area (Å²) in [7, 11) is 0. The number of nitrogens with zero attached hydrogens (tertiary/aromatic N) is 1. The van der Waals surface area contributed by atoms with Gasteiger partial charge >= 0.3 is 5.69 Å². The smallest absolute Gasteiger partial charge is 0.312 e. The van der Waals surface area contributed by atoms with E-state index in [1.165, 1.54) is 12.1 Å². The van der Waals surface area contributed by atoms with E-state index in [9.17, 15) is 10.1 Å². The minimum absolute atomic E-state index is 0.125. The second-order valence-corrected chi connectivity index (χ2v) is 4.76. The summed E-state index contributed by atoms with van der Waals surface area (Å²) in [5.41, 5.74) is -0.186. The Morgan fingerprint density at radius 1 is 1.39 bits per heavy atom. The first-order valence-electron chi connectivity index (χ1n) is 5.41. The number of hydrogen-bond donors (Lipinski definition) is 1. The molecule has 0 saturated heterocycles. The molecule has 7 heteroatoms. The first kappa shape index (κ1) is 15.0.